The highest BCUT2D eigenvalue weighted by Gasteiger charge is 2.14. The number of methoxy groups -OCH3 is 2. The number of carbonyl (C=O) groups excluding carboxylic acids is 2. The van der Waals surface area contributed by atoms with E-state index in [4.69, 9.17) is 37.4 Å². The fourth-order valence-electron chi connectivity index (χ4n) is 2.43. The molecule has 2 aromatic rings. The molecule has 0 radical (unpaired) electrons. The van der Waals surface area contributed by atoms with Crippen LogP contribution in [0.5, 0.6) is 11.5 Å². The van der Waals surface area contributed by atoms with Gasteiger partial charge in [-0.1, -0.05) is 35.3 Å². The lowest BCUT2D eigenvalue weighted by molar-refractivity contribution is -0.121. The van der Waals surface area contributed by atoms with Crippen LogP contribution in [0, 0.1) is 0 Å². The van der Waals surface area contributed by atoms with Crippen LogP contribution in [0.1, 0.15) is 28.8 Å². The summed E-state index contributed by atoms with van der Waals surface area (Å²) in [4.78, 5) is 23.8. The van der Waals surface area contributed by atoms with E-state index in [0.29, 0.717) is 40.1 Å². The van der Waals surface area contributed by atoms with Crippen molar-refractivity contribution in [1.29, 1.82) is 0 Å². The van der Waals surface area contributed by atoms with Crippen molar-refractivity contribution in [2.24, 2.45) is 0 Å². The van der Waals surface area contributed by atoms with Gasteiger partial charge in [-0.15, -0.1) is 0 Å². The van der Waals surface area contributed by atoms with Crippen LogP contribution < -0.4 is 14.8 Å². The highest BCUT2D eigenvalue weighted by atomic mass is 35.5. The molecule has 0 aliphatic heterocycles. The fourth-order valence-corrected chi connectivity index (χ4v) is 2.78. The third kappa shape index (κ3) is 6.04. The molecule has 6 nitrogen and oxygen atoms in total. The van der Waals surface area contributed by atoms with Crippen LogP contribution in [0.25, 0.3) is 0 Å². The first-order valence-corrected chi connectivity index (χ1v) is 9.30. The average molecular weight is 426 g/mol. The number of esters is 1. The van der Waals surface area contributed by atoms with Crippen molar-refractivity contribution in [3.63, 3.8) is 0 Å². The van der Waals surface area contributed by atoms with Gasteiger partial charge in [0.2, 0.25) is 5.91 Å². The number of hydrogen-bond donors (Lipinski definition) is 1. The maximum Gasteiger partial charge on any atom is 0.341 e. The molecule has 0 heterocycles. The molecule has 0 spiro atoms. The zero-order valence-electron chi connectivity index (χ0n) is 15.6. The minimum Gasteiger partial charge on any atom is -0.496 e. The minimum absolute atomic E-state index is 0.128. The molecule has 28 heavy (non-hydrogen) atoms. The Bertz CT molecular complexity index is 841. The molecule has 0 aliphatic rings. The lowest BCUT2D eigenvalue weighted by atomic mass is 10.1. The van der Waals surface area contributed by atoms with Crippen molar-refractivity contribution in [2.45, 2.75) is 19.4 Å². The van der Waals surface area contributed by atoms with Gasteiger partial charge in [0.15, 0.2) is 0 Å². The smallest absolute Gasteiger partial charge is 0.341 e. The maximum absolute atomic E-state index is 12.0. The number of benzene rings is 2. The number of rotatable bonds is 9. The Balaban J connectivity index is 1.79. The van der Waals surface area contributed by atoms with E-state index in [0.717, 1.165) is 5.56 Å². The number of hydrogen-bond acceptors (Lipinski definition) is 5. The zero-order valence-corrected chi connectivity index (χ0v) is 17.1. The van der Waals surface area contributed by atoms with Gasteiger partial charge >= 0.3 is 5.97 Å². The Morgan fingerprint density at radius 1 is 1.07 bits per heavy atom. The molecule has 0 aliphatic carbocycles. The Labute approximate surface area is 173 Å². The van der Waals surface area contributed by atoms with Crippen LogP contribution >= 0.6 is 23.2 Å². The van der Waals surface area contributed by atoms with Gasteiger partial charge in [0.1, 0.15) is 22.1 Å². The third-order valence-corrected chi connectivity index (χ3v) is 4.68. The second kappa shape index (κ2) is 10.8. The molecule has 1 amide bonds. The van der Waals surface area contributed by atoms with Gasteiger partial charge in [0.25, 0.3) is 0 Å². The standard InChI is InChI=1S/C20H21Cl2NO5/c1-26-16-9-8-13(11-14(16)20(25)27-2)12-23-18(24)7-4-10-28-17-6-3-5-15(21)19(17)22/h3,5-6,8-9,11H,4,7,10,12H2,1-2H3,(H,23,24). The first kappa shape index (κ1) is 21.9. The third-order valence-electron chi connectivity index (χ3n) is 3.88. The summed E-state index contributed by atoms with van der Waals surface area (Å²) in [6.45, 7) is 0.621. The van der Waals surface area contributed by atoms with Crippen LogP contribution in [0.15, 0.2) is 36.4 Å². The number of ether oxygens (including phenoxy) is 3. The second-order valence-electron chi connectivity index (χ2n) is 5.81. The van der Waals surface area contributed by atoms with E-state index in [1.54, 1.807) is 36.4 Å². The maximum atomic E-state index is 12.0. The van der Waals surface area contributed by atoms with Crippen LogP contribution in [-0.2, 0) is 16.1 Å². The summed E-state index contributed by atoms with van der Waals surface area (Å²) in [7, 11) is 2.77. The molecule has 0 atom stereocenters. The van der Waals surface area contributed by atoms with Crippen LogP contribution in [0.4, 0.5) is 0 Å². The summed E-state index contributed by atoms with van der Waals surface area (Å²) < 4.78 is 15.4. The average Bonchev–Trinajstić information content (AvgIpc) is 2.71. The normalized spacial score (nSPS) is 10.3. The zero-order chi connectivity index (χ0) is 20.5. The van der Waals surface area contributed by atoms with Gasteiger partial charge in [-0.3, -0.25) is 4.79 Å². The SMILES string of the molecule is COC(=O)c1cc(CNC(=O)CCCOc2cccc(Cl)c2Cl)ccc1OC. The molecule has 0 fully saturated rings. The van der Waals surface area contributed by atoms with Gasteiger partial charge in [0.05, 0.1) is 25.8 Å². The van der Waals surface area contributed by atoms with Gasteiger partial charge in [-0.05, 0) is 36.2 Å². The molecule has 150 valence electrons. The quantitative estimate of drug-likeness (QED) is 0.479. The fraction of sp³-hybridized carbons (Fsp3) is 0.300. The number of carbonyl (C=O) groups is 2. The van der Waals surface area contributed by atoms with Gasteiger partial charge in [0, 0.05) is 13.0 Å². The Hall–Kier alpha value is -2.44. The molecule has 8 heteroatoms. The summed E-state index contributed by atoms with van der Waals surface area (Å²) in [6, 6.07) is 10.2. The number of nitrogens with one attached hydrogen (secondary N) is 1. The number of amides is 1. The van der Waals surface area contributed by atoms with Gasteiger partial charge in [-0.25, -0.2) is 4.79 Å². The van der Waals surface area contributed by atoms with Crippen molar-refractivity contribution in [1.82, 2.24) is 5.32 Å². The van der Waals surface area contributed by atoms with E-state index in [9.17, 15) is 9.59 Å². The Morgan fingerprint density at radius 3 is 2.57 bits per heavy atom. The first-order valence-electron chi connectivity index (χ1n) is 8.55. The predicted molar refractivity (Wildman–Crippen MR) is 107 cm³/mol. The van der Waals surface area contributed by atoms with Crippen molar-refractivity contribution >= 4 is 35.1 Å². The Morgan fingerprint density at radius 2 is 1.86 bits per heavy atom. The van der Waals surface area contributed by atoms with E-state index in [-0.39, 0.29) is 18.9 Å². The lowest BCUT2D eigenvalue weighted by Crippen LogP contribution is -2.23. The van der Waals surface area contributed by atoms with E-state index in [1.807, 2.05) is 0 Å². The second-order valence-corrected chi connectivity index (χ2v) is 6.59. The van der Waals surface area contributed by atoms with Crippen molar-refractivity contribution in [3.8, 4) is 11.5 Å². The molecule has 0 saturated carbocycles. The summed E-state index contributed by atoms with van der Waals surface area (Å²) in [5.74, 6) is 0.278. The molecule has 0 aromatic heterocycles. The number of halogens is 2. The predicted octanol–water partition coefficient (Wildman–Crippen LogP) is 4.26. The molecular weight excluding hydrogens is 405 g/mol. The van der Waals surface area contributed by atoms with E-state index >= 15 is 0 Å². The Kier molecular flexibility index (Phi) is 8.42. The van der Waals surface area contributed by atoms with E-state index in [2.05, 4.69) is 5.32 Å². The molecule has 0 unspecified atom stereocenters. The summed E-state index contributed by atoms with van der Waals surface area (Å²) in [5.41, 5.74) is 1.07. The lowest BCUT2D eigenvalue weighted by Gasteiger charge is -2.11. The van der Waals surface area contributed by atoms with Crippen molar-refractivity contribution in [2.75, 3.05) is 20.8 Å². The summed E-state index contributed by atoms with van der Waals surface area (Å²) >= 11 is 12.0. The van der Waals surface area contributed by atoms with E-state index in [1.165, 1.54) is 14.2 Å². The van der Waals surface area contributed by atoms with Crippen LogP contribution in [0.2, 0.25) is 10.0 Å². The van der Waals surface area contributed by atoms with Gasteiger partial charge < -0.3 is 19.5 Å². The van der Waals surface area contributed by atoms with Crippen molar-refractivity contribution < 1.29 is 23.8 Å². The first-order chi connectivity index (χ1) is 13.5. The minimum atomic E-state index is -0.498. The largest absolute Gasteiger partial charge is 0.496 e. The molecule has 2 aromatic carbocycles. The summed E-state index contributed by atoms with van der Waals surface area (Å²) in [6.07, 6.45) is 0.808. The highest BCUT2D eigenvalue weighted by Crippen LogP contribution is 2.31. The highest BCUT2D eigenvalue weighted by molar-refractivity contribution is 6.42. The molecule has 0 bridgehead atoms. The van der Waals surface area contributed by atoms with Crippen molar-refractivity contribution in [3.05, 3.63) is 57.6 Å². The summed E-state index contributed by atoms with van der Waals surface area (Å²) in [5, 5.41) is 3.58. The molecular formula is C20H21Cl2NO5. The topological polar surface area (TPSA) is 73.9 Å². The van der Waals surface area contributed by atoms with Crippen LogP contribution in [0.3, 0.4) is 0 Å². The van der Waals surface area contributed by atoms with Crippen LogP contribution in [-0.4, -0.2) is 32.7 Å². The molecule has 0 saturated heterocycles. The molecule has 2 rings (SSSR count). The monoisotopic (exact) mass is 425 g/mol. The van der Waals surface area contributed by atoms with Gasteiger partial charge in [-0.2, -0.15) is 0 Å². The van der Waals surface area contributed by atoms with E-state index < -0.39 is 5.97 Å². The molecule has 1 N–H and O–H groups in total.